The zero-order valence-electron chi connectivity index (χ0n) is 39.7. The number of nitrogens with zero attached hydrogens (tertiary/aromatic N) is 5. The zero-order chi connectivity index (χ0) is 48.4. The molecule has 358 valence electrons. The van der Waals surface area contributed by atoms with Gasteiger partial charge in [-0.05, 0) is 85.4 Å². The molecule has 0 aliphatic carbocycles. The lowest BCUT2D eigenvalue weighted by atomic mass is 9.93. The SMILES string of the molecule is CN(C)CCNc1ccc2c3c(cccc13)C(=O)N(CCNC(=O)CCN(CCNC(=O)OC(C)(C)C)CCC(=O)NCCN1C(=O)c3cccc4c(NCCN(C)C)ccc(c34)C1=O)C2=O. The first kappa shape index (κ1) is 49.8. The first-order valence-electron chi connectivity index (χ1n) is 22.8. The third kappa shape index (κ3) is 12.6. The summed E-state index contributed by atoms with van der Waals surface area (Å²) in [5, 5.41) is 17.9. The number of imide groups is 2. The van der Waals surface area contributed by atoms with Crippen molar-refractivity contribution in [1.29, 1.82) is 0 Å². The van der Waals surface area contributed by atoms with Gasteiger partial charge in [-0.15, -0.1) is 0 Å². The van der Waals surface area contributed by atoms with Crippen molar-refractivity contribution in [2.45, 2.75) is 39.2 Å². The summed E-state index contributed by atoms with van der Waals surface area (Å²) in [5.74, 6) is -2.38. The predicted octanol–water partition coefficient (Wildman–Crippen LogP) is 3.67. The van der Waals surface area contributed by atoms with Gasteiger partial charge in [-0.2, -0.15) is 0 Å². The number of amides is 7. The number of hydrogen-bond acceptors (Lipinski definition) is 13. The molecule has 0 radical (unpaired) electrons. The number of carbonyl (C=O) groups excluding carboxylic acids is 7. The second kappa shape index (κ2) is 22.2. The van der Waals surface area contributed by atoms with Gasteiger partial charge in [0.05, 0.1) is 0 Å². The maximum atomic E-state index is 13.6. The third-order valence-electron chi connectivity index (χ3n) is 11.5. The van der Waals surface area contributed by atoms with Crippen LogP contribution in [0.25, 0.3) is 21.5 Å². The van der Waals surface area contributed by atoms with Gasteiger partial charge in [0, 0.05) is 147 Å². The molecule has 4 aromatic rings. The average molecular weight is 921 g/mol. The molecule has 5 N–H and O–H groups in total. The predicted molar refractivity (Wildman–Crippen MR) is 259 cm³/mol. The molecule has 7 amide bonds. The lowest BCUT2D eigenvalue weighted by Crippen LogP contribution is -2.45. The normalized spacial score (nSPS) is 13.6. The van der Waals surface area contributed by atoms with Crippen LogP contribution in [0.15, 0.2) is 60.7 Å². The van der Waals surface area contributed by atoms with Crippen LogP contribution in [0.5, 0.6) is 0 Å². The van der Waals surface area contributed by atoms with Crippen molar-refractivity contribution >= 4 is 74.5 Å². The van der Waals surface area contributed by atoms with E-state index in [1.807, 2.05) is 57.4 Å². The molecule has 0 aromatic heterocycles. The molecule has 0 atom stereocenters. The van der Waals surface area contributed by atoms with E-state index in [4.69, 9.17) is 4.74 Å². The van der Waals surface area contributed by atoms with Crippen LogP contribution < -0.4 is 26.6 Å². The van der Waals surface area contributed by atoms with Gasteiger partial charge in [0.25, 0.3) is 23.6 Å². The fourth-order valence-corrected chi connectivity index (χ4v) is 8.11. The van der Waals surface area contributed by atoms with E-state index in [1.165, 1.54) is 0 Å². The van der Waals surface area contributed by atoms with Gasteiger partial charge in [0.1, 0.15) is 5.60 Å². The lowest BCUT2D eigenvalue weighted by molar-refractivity contribution is -0.121. The highest BCUT2D eigenvalue weighted by atomic mass is 16.6. The summed E-state index contributed by atoms with van der Waals surface area (Å²) in [5.41, 5.74) is 2.67. The molecule has 0 fully saturated rings. The molecular weight excluding hydrogens is 857 g/mol. The van der Waals surface area contributed by atoms with Crippen molar-refractivity contribution in [2.75, 3.05) is 117 Å². The highest BCUT2D eigenvalue weighted by Gasteiger charge is 2.34. The summed E-state index contributed by atoms with van der Waals surface area (Å²) >= 11 is 0. The van der Waals surface area contributed by atoms with Crippen molar-refractivity contribution < 1.29 is 38.3 Å². The Bertz CT molecular complexity index is 2320. The van der Waals surface area contributed by atoms with Gasteiger partial charge >= 0.3 is 6.09 Å². The molecule has 67 heavy (non-hydrogen) atoms. The van der Waals surface area contributed by atoms with Gasteiger partial charge in [0.15, 0.2) is 0 Å². The van der Waals surface area contributed by atoms with Gasteiger partial charge in [0.2, 0.25) is 11.8 Å². The largest absolute Gasteiger partial charge is 0.444 e. The van der Waals surface area contributed by atoms with E-state index in [0.717, 1.165) is 45.0 Å². The maximum absolute atomic E-state index is 13.6. The molecule has 2 aliphatic heterocycles. The van der Waals surface area contributed by atoms with E-state index in [0.29, 0.717) is 52.7 Å². The molecular formula is C49H64N10O8. The van der Waals surface area contributed by atoms with E-state index in [1.54, 1.807) is 57.2 Å². The van der Waals surface area contributed by atoms with Crippen LogP contribution in [0, 0.1) is 0 Å². The Balaban J connectivity index is 0.997. The monoisotopic (exact) mass is 920 g/mol. The van der Waals surface area contributed by atoms with E-state index >= 15 is 0 Å². The van der Waals surface area contributed by atoms with Crippen LogP contribution in [0.1, 0.15) is 75.0 Å². The van der Waals surface area contributed by atoms with Crippen molar-refractivity contribution in [3.05, 3.63) is 82.9 Å². The topological polar surface area (TPSA) is 205 Å². The van der Waals surface area contributed by atoms with E-state index < -0.39 is 35.3 Å². The number of likely N-dealkylation sites (N-methyl/N-ethyl adjacent to an activating group) is 2. The number of ether oxygens (including phenoxy) is 1. The molecule has 0 bridgehead atoms. The fraction of sp³-hybridized carbons (Fsp3) is 0.449. The minimum atomic E-state index is -0.695. The quantitative estimate of drug-likeness (QED) is 0.0675. The van der Waals surface area contributed by atoms with Crippen LogP contribution in [0.4, 0.5) is 16.2 Å². The molecule has 0 saturated heterocycles. The summed E-state index contributed by atoms with van der Waals surface area (Å²) in [7, 11) is 7.94. The van der Waals surface area contributed by atoms with Crippen LogP contribution in [-0.2, 0) is 14.3 Å². The summed E-state index contributed by atoms with van der Waals surface area (Å²) in [6.07, 6.45) is -0.538. The molecule has 0 unspecified atom stereocenters. The Labute approximate surface area is 391 Å². The molecule has 0 spiro atoms. The summed E-state index contributed by atoms with van der Waals surface area (Å²) in [4.78, 5) is 101. The first-order chi connectivity index (χ1) is 31.9. The fourth-order valence-electron chi connectivity index (χ4n) is 8.11. The third-order valence-corrected chi connectivity index (χ3v) is 11.5. The standard InChI is InChI=1S/C49H64N10O8/c1-49(2,3)67-48(66)54-22-29-57(25-18-40(60)52-23-30-58-44(62)34-12-8-10-32-38(50-20-27-55(4)5)16-14-36(42(32)34)46(58)64)26-19-41(61)53-24-31-59-45(63)35-13-9-11-33-39(51-21-28-56(6)7)17-15-37(43(33)35)47(59)65/h8-17,50-51H,18-31H2,1-7H3,(H,52,60)(H,53,61)(H,54,66). The molecule has 4 aromatic carbocycles. The number of nitrogens with one attached hydrogen (secondary N) is 5. The minimum Gasteiger partial charge on any atom is -0.444 e. The number of rotatable bonds is 23. The van der Waals surface area contributed by atoms with Crippen LogP contribution in [-0.4, -0.2) is 178 Å². The molecule has 0 saturated carbocycles. The Morgan fingerprint density at radius 3 is 1.34 bits per heavy atom. The molecule has 6 rings (SSSR count). The van der Waals surface area contributed by atoms with E-state index in [-0.39, 0.29) is 70.5 Å². The second-order valence-corrected chi connectivity index (χ2v) is 18.2. The summed E-state index contributed by atoms with van der Waals surface area (Å²) in [6, 6.07) is 18.0. The number of anilines is 2. The average Bonchev–Trinajstić information content (AvgIpc) is 3.27. The summed E-state index contributed by atoms with van der Waals surface area (Å²) in [6.45, 7) is 9.20. The van der Waals surface area contributed by atoms with Crippen molar-refractivity contribution in [3.8, 4) is 0 Å². The van der Waals surface area contributed by atoms with E-state index in [2.05, 4.69) is 36.4 Å². The highest BCUT2D eigenvalue weighted by molar-refractivity contribution is 6.28. The van der Waals surface area contributed by atoms with Crippen LogP contribution in [0.3, 0.4) is 0 Å². The van der Waals surface area contributed by atoms with Crippen molar-refractivity contribution in [1.82, 2.24) is 40.4 Å². The van der Waals surface area contributed by atoms with Gasteiger partial charge in [-0.25, -0.2) is 4.79 Å². The molecule has 2 heterocycles. The number of alkyl carbamates (subject to hydrolysis) is 1. The zero-order valence-corrected chi connectivity index (χ0v) is 39.7. The van der Waals surface area contributed by atoms with Gasteiger partial charge < -0.3 is 46.0 Å². The Morgan fingerprint density at radius 1 is 0.522 bits per heavy atom. The Morgan fingerprint density at radius 2 is 0.940 bits per heavy atom. The molecule has 2 aliphatic rings. The van der Waals surface area contributed by atoms with E-state index in [9.17, 15) is 33.6 Å². The van der Waals surface area contributed by atoms with Crippen molar-refractivity contribution in [2.24, 2.45) is 0 Å². The minimum absolute atomic E-state index is 0.0295. The lowest BCUT2D eigenvalue weighted by Gasteiger charge is -2.28. The maximum Gasteiger partial charge on any atom is 0.407 e. The van der Waals surface area contributed by atoms with Gasteiger partial charge in [-0.3, -0.25) is 38.6 Å². The molecule has 18 heteroatoms. The van der Waals surface area contributed by atoms with Crippen LogP contribution in [0.2, 0.25) is 0 Å². The first-order valence-corrected chi connectivity index (χ1v) is 22.8. The molecule has 18 nitrogen and oxygen atoms in total. The smallest absolute Gasteiger partial charge is 0.407 e. The van der Waals surface area contributed by atoms with Crippen LogP contribution >= 0.6 is 0 Å². The highest BCUT2D eigenvalue weighted by Crippen LogP contribution is 2.36. The van der Waals surface area contributed by atoms with Crippen molar-refractivity contribution in [3.63, 3.8) is 0 Å². The number of hydrogen-bond donors (Lipinski definition) is 5. The summed E-state index contributed by atoms with van der Waals surface area (Å²) < 4.78 is 5.35. The number of carbonyl (C=O) groups is 7. The Hall–Kier alpha value is -6.63. The second-order valence-electron chi connectivity index (χ2n) is 18.2. The Kier molecular flexibility index (Phi) is 16.5. The number of benzene rings is 4. The van der Waals surface area contributed by atoms with Gasteiger partial charge in [-0.1, -0.05) is 24.3 Å².